The molecule has 0 bridgehead atoms. The molecule has 1 N–H and O–H groups in total. The molecule has 0 amide bonds. The van der Waals surface area contributed by atoms with Gasteiger partial charge in [0.15, 0.2) is 0 Å². The summed E-state index contributed by atoms with van der Waals surface area (Å²) < 4.78 is 5.54. The minimum Gasteiger partial charge on any atom is -0.495 e. The maximum atomic E-state index is 5.54. The lowest BCUT2D eigenvalue weighted by Gasteiger charge is -2.40. The summed E-state index contributed by atoms with van der Waals surface area (Å²) >= 11 is 0. The highest BCUT2D eigenvalue weighted by atomic mass is 79.9. The molecule has 0 aliphatic carbocycles. The molecule has 1 aromatic heterocycles. The van der Waals surface area contributed by atoms with E-state index in [1.54, 1.807) is 7.11 Å². The highest BCUT2D eigenvalue weighted by Crippen LogP contribution is 2.29. The Morgan fingerprint density at radius 2 is 1.72 bits per heavy atom. The first-order valence-corrected chi connectivity index (χ1v) is 10.0. The van der Waals surface area contributed by atoms with Gasteiger partial charge in [0, 0.05) is 37.8 Å². The van der Waals surface area contributed by atoms with Crippen molar-refractivity contribution in [2.75, 3.05) is 43.5 Å². The molecule has 1 aliphatic heterocycles. The summed E-state index contributed by atoms with van der Waals surface area (Å²) in [5.74, 6) is 1.91. The third kappa shape index (κ3) is 4.65. The molecule has 1 aliphatic rings. The Morgan fingerprint density at radius 3 is 2.48 bits per heavy atom. The minimum atomic E-state index is 0. The lowest BCUT2D eigenvalue weighted by atomic mass is 10.1. The Hall–Kier alpha value is -2.31. The topological polar surface area (TPSA) is 40.6 Å². The van der Waals surface area contributed by atoms with Crippen LogP contribution in [-0.2, 0) is 0 Å². The van der Waals surface area contributed by atoms with Gasteiger partial charge in [0.25, 0.3) is 0 Å². The largest absolute Gasteiger partial charge is 0.495 e. The predicted octanol–water partition coefficient (Wildman–Crippen LogP) is 4.79. The van der Waals surface area contributed by atoms with E-state index in [4.69, 9.17) is 4.74 Å². The molecule has 1 unspecified atom stereocenters. The van der Waals surface area contributed by atoms with E-state index in [0.29, 0.717) is 0 Å². The van der Waals surface area contributed by atoms with Crippen LogP contribution < -0.4 is 15.0 Å². The molecule has 0 radical (unpaired) electrons. The van der Waals surface area contributed by atoms with Crippen molar-refractivity contribution in [2.24, 2.45) is 0 Å². The van der Waals surface area contributed by atoms with E-state index in [1.807, 2.05) is 18.3 Å². The molecule has 0 saturated carbocycles. The highest BCUT2D eigenvalue weighted by Gasteiger charge is 2.24. The molecule has 154 valence electrons. The molecule has 4 rings (SSSR count). The van der Waals surface area contributed by atoms with Gasteiger partial charge < -0.3 is 15.0 Å². The molecule has 3 aromatic rings. The molecule has 2 aromatic carbocycles. The van der Waals surface area contributed by atoms with Gasteiger partial charge >= 0.3 is 0 Å². The summed E-state index contributed by atoms with van der Waals surface area (Å²) in [6.07, 6.45) is 3.19. The van der Waals surface area contributed by atoms with Crippen molar-refractivity contribution in [1.82, 2.24) is 9.88 Å². The van der Waals surface area contributed by atoms with Gasteiger partial charge in [-0.2, -0.15) is 0 Å². The first-order chi connectivity index (χ1) is 13.8. The van der Waals surface area contributed by atoms with Gasteiger partial charge in [-0.05, 0) is 30.0 Å². The monoisotopic (exact) mass is 456 g/mol. The summed E-state index contributed by atoms with van der Waals surface area (Å²) in [6.45, 7) is 6.22. The number of halogens is 1. The standard InChI is InChI=1S/C23H28N4O.BrH/c1-3-22(25-23-19-9-5-4-8-18(19)12-13-24-23)27-16-14-26(15-17-27)20-10-6-7-11-21(20)28-2;/h4-13,22H,3,14-17H2,1-2H3,(H,24,25);1H. The maximum absolute atomic E-state index is 5.54. The fourth-order valence-corrected chi connectivity index (χ4v) is 4.01. The number of hydrogen-bond donors (Lipinski definition) is 1. The number of nitrogens with one attached hydrogen (secondary N) is 1. The number of nitrogens with zero attached hydrogens (tertiary/aromatic N) is 3. The molecule has 1 saturated heterocycles. The summed E-state index contributed by atoms with van der Waals surface area (Å²) in [5, 5.41) is 6.09. The van der Waals surface area contributed by atoms with Crippen LogP contribution in [0.25, 0.3) is 10.8 Å². The van der Waals surface area contributed by atoms with E-state index in [-0.39, 0.29) is 23.1 Å². The molecule has 1 atom stereocenters. The smallest absolute Gasteiger partial charge is 0.142 e. The van der Waals surface area contributed by atoms with Gasteiger partial charge in [0.2, 0.25) is 0 Å². The van der Waals surface area contributed by atoms with E-state index in [9.17, 15) is 0 Å². The van der Waals surface area contributed by atoms with Crippen LogP contribution in [0.4, 0.5) is 11.5 Å². The number of piperazine rings is 1. The average molecular weight is 457 g/mol. The molecule has 29 heavy (non-hydrogen) atoms. The van der Waals surface area contributed by atoms with Crippen molar-refractivity contribution in [2.45, 2.75) is 19.5 Å². The number of benzene rings is 2. The highest BCUT2D eigenvalue weighted by molar-refractivity contribution is 8.93. The number of anilines is 2. The summed E-state index contributed by atoms with van der Waals surface area (Å²) in [6, 6.07) is 18.7. The third-order valence-corrected chi connectivity index (χ3v) is 5.54. The van der Waals surface area contributed by atoms with Crippen molar-refractivity contribution in [1.29, 1.82) is 0 Å². The number of para-hydroxylation sites is 2. The zero-order valence-corrected chi connectivity index (χ0v) is 18.8. The van der Waals surface area contributed by atoms with Gasteiger partial charge in [-0.15, -0.1) is 17.0 Å². The van der Waals surface area contributed by atoms with Crippen LogP contribution in [0.1, 0.15) is 13.3 Å². The first kappa shape index (κ1) is 21.4. The first-order valence-electron chi connectivity index (χ1n) is 10.0. The number of hydrogen-bond acceptors (Lipinski definition) is 5. The number of pyridine rings is 1. The van der Waals surface area contributed by atoms with E-state index in [0.717, 1.165) is 44.2 Å². The summed E-state index contributed by atoms with van der Waals surface area (Å²) in [4.78, 5) is 9.55. The quantitative estimate of drug-likeness (QED) is 0.577. The Morgan fingerprint density at radius 1 is 1.00 bits per heavy atom. The fourth-order valence-electron chi connectivity index (χ4n) is 4.01. The van der Waals surface area contributed by atoms with Gasteiger partial charge in [-0.25, -0.2) is 4.98 Å². The van der Waals surface area contributed by atoms with E-state index < -0.39 is 0 Å². The van der Waals surface area contributed by atoms with Crippen LogP contribution >= 0.6 is 17.0 Å². The number of rotatable bonds is 6. The second kappa shape index (κ2) is 9.94. The van der Waals surface area contributed by atoms with Crippen LogP contribution in [0.2, 0.25) is 0 Å². The summed E-state index contributed by atoms with van der Waals surface area (Å²) in [5.41, 5.74) is 1.18. The van der Waals surface area contributed by atoms with Crippen molar-refractivity contribution in [3.8, 4) is 5.75 Å². The lowest BCUT2D eigenvalue weighted by molar-refractivity contribution is 0.198. The predicted molar refractivity (Wildman–Crippen MR) is 127 cm³/mol. The number of ether oxygens (including phenoxy) is 1. The van der Waals surface area contributed by atoms with Gasteiger partial charge in [0.1, 0.15) is 11.6 Å². The van der Waals surface area contributed by atoms with Crippen molar-refractivity contribution in [3.63, 3.8) is 0 Å². The van der Waals surface area contributed by atoms with E-state index in [2.05, 4.69) is 69.5 Å². The molecular formula is C23H29BrN4O. The Bertz CT molecular complexity index is 922. The van der Waals surface area contributed by atoms with Crippen molar-refractivity contribution in [3.05, 3.63) is 60.8 Å². The average Bonchev–Trinajstić information content (AvgIpc) is 2.77. The van der Waals surface area contributed by atoms with E-state index >= 15 is 0 Å². The van der Waals surface area contributed by atoms with Crippen LogP contribution in [0, 0.1) is 0 Å². The van der Waals surface area contributed by atoms with Crippen LogP contribution in [0.5, 0.6) is 5.75 Å². The molecule has 1 fully saturated rings. The zero-order valence-electron chi connectivity index (χ0n) is 17.0. The Labute approximate surface area is 183 Å². The van der Waals surface area contributed by atoms with Gasteiger partial charge in [-0.1, -0.05) is 43.3 Å². The number of fused-ring (bicyclic) bond motifs is 1. The van der Waals surface area contributed by atoms with Crippen LogP contribution in [0.3, 0.4) is 0 Å². The van der Waals surface area contributed by atoms with Crippen molar-refractivity contribution < 1.29 is 4.74 Å². The summed E-state index contributed by atoms with van der Waals surface area (Å²) in [7, 11) is 1.74. The molecular weight excluding hydrogens is 428 g/mol. The number of methoxy groups -OCH3 is 1. The van der Waals surface area contributed by atoms with Crippen LogP contribution in [0.15, 0.2) is 60.8 Å². The fraction of sp³-hybridized carbons (Fsp3) is 0.348. The second-order valence-corrected chi connectivity index (χ2v) is 7.14. The molecule has 2 heterocycles. The maximum Gasteiger partial charge on any atom is 0.142 e. The normalized spacial score (nSPS) is 15.6. The third-order valence-electron chi connectivity index (χ3n) is 5.54. The second-order valence-electron chi connectivity index (χ2n) is 7.14. The lowest BCUT2D eigenvalue weighted by Crippen LogP contribution is -2.52. The zero-order chi connectivity index (χ0) is 19.3. The minimum absolute atomic E-state index is 0. The molecule has 6 heteroatoms. The molecule has 0 spiro atoms. The van der Waals surface area contributed by atoms with Crippen LogP contribution in [-0.4, -0.2) is 49.3 Å². The Kier molecular flexibility index (Phi) is 7.34. The van der Waals surface area contributed by atoms with Gasteiger partial charge in [-0.3, -0.25) is 4.90 Å². The number of aromatic nitrogens is 1. The van der Waals surface area contributed by atoms with Crippen molar-refractivity contribution >= 4 is 39.3 Å². The van der Waals surface area contributed by atoms with Gasteiger partial charge in [0.05, 0.1) is 19.0 Å². The SMILES string of the molecule is Br.CCC(Nc1nccc2ccccc12)N1CCN(c2ccccc2OC)CC1. The molecule has 5 nitrogen and oxygen atoms in total. The Balaban J connectivity index is 0.00000240. The van der Waals surface area contributed by atoms with E-state index in [1.165, 1.54) is 16.5 Å².